The normalized spacial score (nSPS) is 13.0. The zero-order valence-corrected chi connectivity index (χ0v) is 10.9. The lowest BCUT2D eigenvalue weighted by Crippen LogP contribution is -2.24. The molecule has 1 heterocycles. The molecule has 96 valence electrons. The molecule has 0 bridgehead atoms. The van der Waals surface area contributed by atoms with Crippen LogP contribution in [0.4, 0.5) is 0 Å². The van der Waals surface area contributed by atoms with E-state index in [4.69, 9.17) is 9.52 Å². The molecule has 0 aliphatic rings. The molecular weight excluding hydrogens is 220 g/mol. The molecule has 17 heavy (non-hydrogen) atoms. The monoisotopic (exact) mass is 240 g/mol. The molecule has 0 saturated heterocycles. The van der Waals surface area contributed by atoms with Crippen molar-refractivity contribution in [2.45, 2.75) is 39.7 Å². The van der Waals surface area contributed by atoms with Crippen LogP contribution in [-0.4, -0.2) is 34.6 Å². The number of aliphatic carboxylic acids is 1. The van der Waals surface area contributed by atoms with Crippen molar-refractivity contribution in [1.29, 1.82) is 0 Å². The predicted molar refractivity (Wildman–Crippen MR) is 63.9 cm³/mol. The van der Waals surface area contributed by atoms with Crippen LogP contribution in [0.2, 0.25) is 0 Å². The van der Waals surface area contributed by atoms with Gasteiger partial charge in [0, 0.05) is 13.3 Å². The first-order chi connectivity index (χ1) is 7.91. The van der Waals surface area contributed by atoms with Crippen LogP contribution >= 0.6 is 0 Å². The highest BCUT2D eigenvalue weighted by atomic mass is 16.4. The summed E-state index contributed by atoms with van der Waals surface area (Å²) in [7, 11) is 1.96. The van der Waals surface area contributed by atoms with Gasteiger partial charge in [0.15, 0.2) is 5.89 Å². The number of nitrogens with zero attached hydrogens (tertiary/aromatic N) is 2. The Balaban J connectivity index is 2.54. The van der Waals surface area contributed by atoms with Crippen molar-refractivity contribution >= 4 is 5.97 Å². The number of hydrogen-bond donors (Lipinski definition) is 1. The van der Waals surface area contributed by atoms with Crippen LogP contribution in [0.25, 0.3) is 0 Å². The fraction of sp³-hybridized carbons (Fsp3) is 0.667. The van der Waals surface area contributed by atoms with Crippen LogP contribution in [0.5, 0.6) is 0 Å². The van der Waals surface area contributed by atoms with Crippen LogP contribution in [0.1, 0.15) is 43.2 Å². The predicted octanol–water partition coefficient (Wildman–Crippen LogP) is 2.15. The number of carboxylic acid groups (broad SMARTS) is 1. The number of rotatable bonds is 6. The molecule has 0 aliphatic heterocycles. The van der Waals surface area contributed by atoms with E-state index in [1.807, 2.05) is 27.8 Å². The van der Waals surface area contributed by atoms with E-state index in [9.17, 15) is 4.79 Å². The third-order valence-corrected chi connectivity index (χ3v) is 2.88. The van der Waals surface area contributed by atoms with Crippen LogP contribution in [0.15, 0.2) is 4.42 Å². The van der Waals surface area contributed by atoms with Crippen molar-refractivity contribution in [2.24, 2.45) is 0 Å². The quantitative estimate of drug-likeness (QED) is 0.825. The Morgan fingerprint density at radius 1 is 1.53 bits per heavy atom. The fourth-order valence-corrected chi connectivity index (χ4v) is 1.81. The van der Waals surface area contributed by atoms with E-state index in [0.717, 1.165) is 18.0 Å². The Labute approximate surface area is 101 Å². The van der Waals surface area contributed by atoms with Crippen LogP contribution < -0.4 is 0 Å². The molecule has 1 N–H and O–H groups in total. The van der Waals surface area contributed by atoms with E-state index in [1.165, 1.54) is 0 Å². The zero-order valence-electron chi connectivity index (χ0n) is 10.9. The van der Waals surface area contributed by atoms with E-state index in [1.54, 1.807) is 0 Å². The molecule has 5 nitrogen and oxygen atoms in total. The summed E-state index contributed by atoms with van der Waals surface area (Å²) in [5.41, 5.74) is 0.903. The number of aromatic nitrogens is 1. The van der Waals surface area contributed by atoms with E-state index in [0.29, 0.717) is 12.3 Å². The maximum absolute atomic E-state index is 10.4. The lowest BCUT2D eigenvalue weighted by molar-refractivity contribution is -0.137. The largest absolute Gasteiger partial charge is 0.481 e. The van der Waals surface area contributed by atoms with Crippen LogP contribution in [0, 0.1) is 13.8 Å². The van der Waals surface area contributed by atoms with E-state index >= 15 is 0 Å². The average Bonchev–Trinajstić information content (AvgIpc) is 2.56. The Morgan fingerprint density at radius 3 is 2.65 bits per heavy atom. The van der Waals surface area contributed by atoms with Gasteiger partial charge in [0.25, 0.3) is 0 Å². The summed E-state index contributed by atoms with van der Waals surface area (Å²) in [6.07, 6.45) is 0.841. The molecule has 0 amide bonds. The maximum Gasteiger partial charge on any atom is 0.303 e. The zero-order chi connectivity index (χ0) is 13.0. The molecule has 1 atom stereocenters. The molecule has 1 aromatic rings. The SMILES string of the molecule is Cc1nc(C)c(C(C)N(C)CCCC(=O)O)o1. The molecular formula is C12H20N2O3. The van der Waals surface area contributed by atoms with Crippen LogP contribution in [0.3, 0.4) is 0 Å². The van der Waals surface area contributed by atoms with E-state index < -0.39 is 5.97 Å². The van der Waals surface area contributed by atoms with Crippen molar-refractivity contribution in [3.05, 3.63) is 17.3 Å². The number of hydrogen-bond acceptors (Lipinski definition) is 4. The van der Waals surface area contributed by atoms with Gasteiger partial charge in [-0.3, -0.25) is 9.69 Å². The number of oxazole rings is 1. The fourth-order valence-electron chi connectivity index (χ4n) is 1.81. The Bertz CT molecular complexity index is 387. The number of carboxylic acids is 1. The first-order valence-electron chi connectivity index (χ1n) is 5.77. The Hall–Kier alpha value is -1.36. The van der Waals surface area contributed by atoms with E-state index in [2.05, 4.69) is 9.88 Å². The van der Waals surface area contributed by atoms with Crippen molar-refractivity contribution < 1.29 is 14.3 Å². The molecule has 0 aromatic carbocycles. The highest BCUT2D eigenvalue weighted by molar-refractivity contribution is 5.66. The molecule has 5 heteroatoms. The average molecular weight is 240 g/mol. The third kappa shape index (κ3) is 3.85. The molecule has 0 aliphatic carbocycles. The van der Waals surface area contributed by atoms with Crippen molar-refractivity contribution in [2.75, 3.05) is 13.6 Å². The summed E-state index contributed by atoms with van der Waals surface area (Å²) < 4.78 is 5.56. The summed E-state index contributed by atoms with van der Waals surface area (Å²) >= 11 is 0. The molecule has 1 rings (SSSR count). The van der Waals surface area contributed by atoms with Gasteiger partial charge in [-0.15, -0.1) is 0 Å². The Kier molecular flexibility index (Phi) is 4.69. The minimum atomic E-state index is -0.752. The molecule has 0 radical (unpaired) electrons. The van der Waals surface area contributed by atoms with Gasteiger partial charge in [-0.2, -0.15) is 0 Å². The lowest BCUT2D eigenvalue weighted by atomic mass is 10.2. The second-order valence-electron chi connectivity index (χ2n) is 4.34. The maximum atomic E-state index is 10.4. The standard InChI is InChI=1S/C12H20N2O3/c1-8-12(17-10(3)13-8)9(2)14(4)7-5-6-11(15)16/h9H,5-7H2,1-4H3,(H,15,16). The Morgan fingerprint density at radius 2 is 2.18 bits per heavy atom. The summed E-state index contributed by atoms with van der Waals surface area (Å²) in [4.78, 5) is 16.7. The second kappa shape index (κ2) is 5.82. The minimum absolute atomic E-state index is 0.116. The van der Waals surface area contributed by atoms with Gasteiger partial charge in [0.1, 0.15) is 5.76 Å². The van der Waals surface area contributed by atoms with Crippen molar-refractivity contribution in [1.82, 2.24) is 9.88 Å². The van der Waals surface area contributed by atoms with Gasteiger partial charge < -0.3 is 9.52 Å². The summed E-state index contributed by atoms with van der Waals surface area (Å²) in [6, 6.07) is 0.116. The molecule has 0 spiro atoms. The minimum Gasteiger partial charge on any atom is -0.481 e. The molecule has 1 aromatic heterocycles. The smallest absolute Gasteiger partial charge is 0.303 e. The molecule has 0 fully saturated rings. The van der Waals surface area contributed by atoms with Gasteiger partial charge >= 0.3 is 5.97 Å². The van der Waals surface area contributed by atoms with Gasteiger partial charge in [0.2, 0.25) is 0 Å². The molecule has 0 saturated carbocycles. The van der Waals surface area contributed by atoms with Crippen molar-refractivity contribution in [3.8, 4) is 0 Å². The van der Waals surface area contributed by atoms with Crippen LogP contribution in [-0.2, 0) is 4.79 Å². The summed E-state index contributed by atoms with van der Waals surface area (Å²) in [5.74, 6) is 0.779. The lowest BCUT2D eigenvalue weighted by Gasteiger charge is -2.22. The third-order valence-electron chi connectivity index (χ3n) is 2.88. The first-order valence-corrected chi connectivity index (χ1v) is 5.77. The highest BCUT2D eigenvalue weighted by Crippen LogP contribution is 2.23. The summed E-state index contributed by atoms with van der Waals surface area (Å²) in [6.45, 7) is 6.52. The first kappa shape index (κ1) is 13.7. The summed E-state index contributed by atoms with van der Waals surface area (Å²) in [5, 5.41) is 8.58. The van der Waals surface area contributed by atoms with Gasteiger partial charge in [-0.05, 0) is 33.9 Å². The highest BCUT2D eigenvalue weighted by Gasteiger charge is 2.18. The number of aryl methyl sites for hydroxylation is 2. The second-order valence-corrected chi connectivity index (χ2v) is 4.34. The van der Waals surface area contributed by atoms with Gasteiger partial charge in [-0.1, -0.05) is 0 Å². The van der Waals surface area contributed by atoms with Crippen molar-refractivity contribution in [3.63, 3.8) is 0 Å². The number of carbonyl (C=O) groups is 1. The topological polar surface area (TPSA) is 66.6 Å². The van der Waals surface area contributed by atoms with E-state index in [-0.39, 0.29) is 12.5 Å². The van der Waals surface area contributed by atoms with Gasteiger partial charge in [-0.25, -0.2) is 4.98 Å². The molecule has 1 unspecified atom stereocenters. The van der Waals surface area contributed by atoms with Gasteiger partial charge in [0.05, 0.1) is 11.7 Å².